The number of alkyl halides is 3. The first-order valence-electron chi connectivity index (χ1n) is 7.53. The minimum Gasteiger partial charge on any atom is -0.307 e. The Morgan fingerprint density at radius 3 is 2.58 bits per heavy atom. The highest BCUT2D eigenvalue weighted by Gasteiger charge is 2.31. The second-order valence-corrected chi connectivity index (χ2v) is 7.49. The van der Waals surface area contributed by atoms with Crippen LogP contribution in [0.2, 0.25) is 0 Å². The average molecular weight is 444 g/mol. The molecule has 136 valence electrons. The first-order chi connectivity index (χ1) is 12.3. The highest BCUT2D eigenvalue weighted by molar-refractivity contribution is 9.10. The van der Waals surface area contributed by atoms with E-state index in [1.165, 1.54) is 0 Å². The zero-order valence-electron chi connectivity index (χ0n) is 13.8. The van der Waals surface area contributed by atoms with Gasteiger partial charge in [0.05, 0.1) is 5.56 Å². The molecule has 0 unspecified atom stereocenters. The summed E-state index contributed by atoms with van der Waals surface area (Å²) in [5.74, 6) is 1.54. The van der Waals surface area contributed by atoms with E-state index in [1.807, 2.05) is 13.0 Å². The van der Waals surface area contributed by atoms with Crippen LogP contribution in [0.3, 0.4) is 0 Å². The van der Waals surface area contributed by atoms with Crippen molar-refractivity contribution in [2.24, 2.45) is 7.05 Å². The molecule has 5 nitrogen and oxygen atoms in total. The third-order valence-electron chi connectivity index (χ3n) is 3.52. The lowest BCUT2D eigenvalue weighted by atomic mass is 10.2. The second-order valence-electron chi connectivity index (χ2n) is 5.27. The van der Waals surface area contributed by atoms with Gasteiger partial charge in [0.25, 0.3) is 0 Å². The van der Waals surface area contributed by atoms with Crippen LogP contribution in [0.15, 0.2) is 40.0 Å². The number of halogens is 4. The van der Waals surface area contributed by atoms with Crippen molar-refractivity contribution in [1.29, 1.82) is 0 Å². The Morgan fingerprint density at radius 2 is 1.88 bits per heavy atom. The van der Waals surface area contributed by atoms with Crippen LogP contribution in [0.5, 0.6) is 0 Å². The van der Waals surface area contributed by atoms with Gasteiger partial charge in [-0.25, -0.2) is 0 Å². The number of pyridine rings is 2. The Kier molecular flexibility index (Phi) is 5.33. The Bertz CT molecular complexity index is 942. The molecular formula is C16H13BrF3N5S. The standard InChI is InChI=1S/C16H13BrF3N5S/c1-3-26-12-7-10(17)8-22-13(12)15-24-23-14(25(15)2)11-6-9(4-5-21-11)16(18,19)20/h4-8H,3H2,1-2H3. The zero-order chi connectivity index (χ0) is 18.9. The van der Waals surface area contributed by atoms with E-state index in [2.05, 4.69) is 36.1 Å². The zero-order valence-corrected chi connectivity index (χ0v) is 16.2. The van der Waals surface area contributed by atoms with Crippen molar-refractivity contribution in [1.82, 2.24) is 24.7 Å². The lowest BCUT2D eigenvalue weighted by molar-refractivity contribution is -0.137. The minimum atomic E-state index is -4.45. The maximum atomic E-state index is 12.9. The molecule has 0 radical (unpaired) electrons. The molecule has 0 aliphatic rings. The van der Waals surface area contributed by atoms with Crippen molar-refractivity contribution >= 4 is 27.7 Å². The summed E-state index contributed by atoms with van der Waals surface area (Å²) in [6.07, 6.45) is -1.69. The Hall–Kier alpha value is -1.94. The van der Waals surface area contributed by atoms with Crippen LogP contribution in [0.4, 0.5) is 13.2 Å². The largest absolute Gasteiger partial charge is 0.416 e. The van der Waals surface area contributed by atoms with Crippen molar-refractivity contribution in [3.8, 4) is 23.0 Å². The predicted molar refractivity (Wildman–Crippen MR) is 96.6 cm³/mol. The molecular weight excluding hydrogens is 431 g/mol. The van der Waals surface area contributed by atoms with Crippen molar-refractivity contribution in [2.75, 3.05) is 5.75 Å². The summed E-state index contributed by atoms with van der Waals surface area (Å²) < 4.78 is 41.3. The molecule has 0 amide bonds. The van der Waals surface area contributed by atoms with Gasteiger partial charge in [0.2, 0.25) is 0 Å². The molecule has 0 bridgehead atoms. The summed E-state index contributed by atoms with van der Waals surface area (Å²) in [5.41, 5.74) is -0.0628. The van der Waals surface area contributed by atoms with Crippen LogP contribution in [-0.2, 0) is 13.2 Å². The van der Waals surface area contributed by atoms with E-state index in [1.54, 1.807) is 29.6 Å². The van der Waals surface area contributed by atoms with Crippen LogP contribution in [0.25, 0.3) is 23.0 Å². The molecule has 3 rings (SSSR count). The van der Waals surface area contributed by atoms with Gasteiger partial charge in [-0.15, -0.1) is 22.0 Å². The summed E-state index contributed by atoms with van der Waals surface area (Å²) in [6.45, 7) is 2.02. The van der Waals surface area contributed by atoms with Crippen LogP contribution in [-0.4, -0.2) is 30.5 Å². The SMILES string of the molecule is CCSc1cc(Br)cnc1-c1nnc(-c2cc(C(F)(F)F)ccn2)n1C. The highest BCUT2D eigenvalue weighted by atomic mass is 79.9. The van der Waals surface area contributed by atoms with E-state index < -0.39 is 11.7 Å². The summed E-state index contributed by atoms with van der Waals surface area (Å²) in [6, 6.07) is 3.81. The smallest absolute Gasteiger partial charge is 0.307 e. The normalized spacial score (nSPS) is 11.8. The van der Waals surface area contributed by atoms with Gasteiger partial charge in [-0.1, -0.05) is 6.92 Å². The van der Waals surface area contributed by atoms with Crippen molar-refractivity contribution < 1.29 is 13.2 Å². The fourth-order valence-electron chi connectivity index (χ4n) is 2.34. The second kappa shape index (κ2) is 7.36. The minimum absolute atomic E-state index is 0.0999. The molecule has 3 heterocycles. The molecule has 0 aliphatic heterocycles. The van der Waals surface area contributed by atoms with Crippen molar-refractivity contribution in [2.45, 2.75) is 18.0 Å². The molecule has 0 fully saturated rings. The van der Waals surface area contributed by atoms with Gasteiger partial charge in [0, 0.05) is 28.8 Å². The molecule has 10 heteroatoms. The Balaban J connectivity index is 2.07. The summed E-state index contributed by atoms with van der Waals surface area (Å²) in [5, 5.41) is 8.16. The summed E-state index contributed by atoms with van der Waals surface area (Å²) >= 11 is 4.98. The monoisotopic (exact) mass is 443 g/mol. The van der Waals surface area contributed by atoms with Gasteiger partial charge in [0.15, 0.2) is 11.6 Å². The first-order valence-corrected chi connectivity index (χ1v) is 9.31. The van der Waals surface area contributed by atoms with Crippen molar-refractivity contribution in [3.63, 3.8) is 0 Å². The van der Waals surface area contributed by atoms with Crippen LogP contribution >= 0.6 is 27.7 Å². The number of hydrogen-bond donors (Lipinski definition) is 0. The Morgan fingerprint density at radius 1 is 1.15 bits per heavy atom. The lowest BCUT2D eigenvalue weighted by Gasteiger charge is -2.09. The van der Waals surface area contributed by atoms with E-state index in [4.69, 9.17) is 0 Å². The fourth-order valence-corrected chi connectivity index (χ4v) is 3.63. The topological polar surface area (TPSA) is 56.5 Å². The molecule has 3 aromatic rings. The number of hydrogen-bond acceptors (Lipinski definition) is 5. The maximum Gasteiger partial charge on any atom is 0.416 e. The van der Waals surface area contributed by atoms with Gasteiger partial charge in [-0.3, -0.25) is 9.97 Å². The average Bonchev–Trinajstić information content (AvgIpc) is 2.96. The molecule has 3 aromatic heterocycles. The molecule has 0 aliphatic carbocycles. The number of aromatic nitrogens is 5. The molecule has 0 aromatic carbocycles. The first kappa shape index (κ1) is 18.8. The van der Waals surface area contributed by atoms with Crippen LogP contribution in [0, 0.1) is 0 Å². The van der Waals surface area contributed by atoms with E-state index in [9.17, 15) is 13.2 Å². The van der Waals surface area contributed by atoms with E-state index >= 15 is 0 Å². The molecule has 0 atom stereocenters. The number of thioether (sulfide) groups is 1. The van der Waals surface area contributed by atoms with Gasteiger partial charge < -0.3 is 4.57 Å². The summed E-state index contributed by atoms with van der Waals surface area (Å²) in [7, 11) is 1.68. The molecule has 0 spiro atoms. The van der Waals surface area contributed by atoms with Gasteiger partial charge in [0.1, 0.15) is 11.4 Å². The van der Waals surface area contributed by atoms with E-state index in [0.29, 0.717) is 11.5 Å². The van der Waals surface area contributed by atoms with Gasteiger partial charge in [-0.05, 0) is 39.9 Å². The Labute approximate surface area is 160 Å². The van der Waals surface area contributed by atoms with E-state index in [0.717, 1.165) is 33.5 Å². The van der Waals surface area contributed by atoms with Crippen molar-refractivity contribution in [3.05, 3.63) is 40.6 Å². The lowest BCUT2D eigenvalue weighted by Crippen LogP contribution is -2.06. The summed E-state index contributed by atoms with van der Waals surface area (Å²) in [4.78, 5) is 9.31. The third-order valence-corrected chi connectivity index (χ3v) is 4.87. The number of nitrogens with zero attached hydrogens (tertiary/aromatic N) is 5. The quantitative estimate of drug-likeness (QED) is 0.540. The highest BCUT2D eigenvalue weighted by Crippen LogP contribution is 2.33. The number of rotatable bonds is 4. The van der Waals surface area contributed by atoms with Gasteiger partial charge in [-0.2, -0.15) is 13.2 Å². The predicted octanol–water partition coefficient (Wildman–Crippen LogP) is 4.83. The van der Waals surface area contributed by atoms with E-state index in [-0.39, 0.29) is 11.5 Å². The van der Waals surface area contributed by atoms with Crippen LogP contribution < -0.4 is 0 Å². The molecule has 0 N–H and O–H groups in total. The third kappa shape index (κ3) is 3.75. The maximum absolute atomic E-state index is 12.9. The van der Waals surface area contributed by atoms with Crippen LogP contribution in [0.1, 0.15) is 12.5 Å². The van der Waals surface area contributed by atoms with Gasteiger partial charge >= 0.3 is 6.18 Å². The molecule has 26 heavy (non-hydrogen) atoms. The molecule has 0 saturated carbocycles. The molecule has 0 saturated heterocycles. The fraction of sp³-hybridized carbons (Fsp3) is 0.250.